The molecule has 0 unspecified atom stereocenters. The Morgan fingerprint density at radius 2 is 1.88 bits per heavy atom. The number of esters is 1. The molecule has 0 aromatic carbocycles. The number of rotatable bonds is 5. The van der Waals surface area contributed by atoms with Gasteiger partial charge < -0.3 is 4.74 Å². The molecule has 0 aromatic heterocycles. The van der Waals surface area contributed by atoms with Gasteiger partial charge in [-0.05, 0) is 25.5 Å². The summed E-state index contributed by atoms with van der Waals surface area (Å²) in [7, 11) is 0. The molecule has 0 aliphatic heterocycles. The van der Waals surface area contributed by atoms with Gasteiger partial charge in [0.25, 0.3) is 0 Å². The van der Waals surface area contributed by atoms with Gasteiger partial charge in [0, 0.05) is 12.3 Å². The summed E-state index contributed by atoms with van der Waals surface area (Å²) in [5.74, 6) is 10.3. The van der Waals surface area contributed by atoms with Gasteiger partial charge in [0.15, 0.2) is 0 Å². The van der Waals surface area contributed by atoms with E-state index in [9.17, 15) is 4.79 Å². The lowest BCUT2D eigenvalue weighted by molar-refractivity contribution is -0.136. The number of unbranched alkanes of at least 4 members (excludes halogenated alkanes) is 4. The van der Waals surface area contributed by atoms with Crippen LogP contribution < -0.4 is 0 Å². The van der Waals surface area contributed by atoms with Crippen LogP contribution in [0.5, 0.6) is 0 Å². The monoisotopic (exact) mass is 232 g/mol. The minimum atomic E-state index is -0.496. The van der Waals surface area contributed by atoms with Crippen molar-refractivity contribution < 1.29 is 9.53 Å². The lowest BCUT2D eigenvalue weighted by atomic mass is 10.2. The van der Waals surface area contributed by atoms with Gasteiger partial charge in [0.05, 0.1) is 6.61 Å². The molecule has 0 radical (unpaired) electrons. The SMILES string of the molecule is CCCCCCC#C/C=C/C#CC(=O)OCC. The third-order valence-corrected chi connectivity index (χ3v) is 1.96. The van der Waals surface area contributed by atoms with Crippen molar-refractivity contribution in [2.75, 3.05) is 6.61 Å². The van der Waals surface area contributed by atoms with Crippen LogP contribution in [0.25, 0.3) is 0 Å². The van der Waals surface area contributed by atoms with Crippen molar-refractivity contribution in [1.29, 1.82) is 0 Å². The second kappa shape index (κ2) is 12.4. The van der Waals surface area contributed by atoms with Crippen molar-refractivity contribution in [3.63, 3.8) is 0 Å². The fourth-order valence-electron chi connectivity index (χ4n) is 1.12. The number of hydrogen-bond donors (Lipinski definition) is 0. The van der Waals surface area contributed by atoms with Gasteiger partial charge in [0.1, 0.15) is 0 Å². The van der Waals surface area contributed by atoms with Crippen LogP contribution in [0.2, 0.25) is 0 Å². The first-order valence-electron chi connectivity index (χ1n) is 6.13. The Balaban J connectivity index is 3.65. The zero-order chi connectivity index (χ0) is 12.8. The molecule has 0 spiro atoms. The highest BCUT2D eigenvalue weighted by Gasteiger charge is 1.89. The third-order valence-electron chi connectivity index (χ3n) is 1.96. The second-order valence-corrected chi connectivity index (χ2v) is 3.45. The molecule has 0 saturated carbocycles. The quantitative estimate of drug-likeness (QED) is 0.315. The molecule has 17 heavy (non-hydrogen) atoms. The van der Waals surface area contributed by atoms with Crippen LogP contribution in [0.4, 0.5) is 0 Å². The average molecular weight is 232 g/mol. The first-order chi connectivity index (χ1) is 8.31. The summed E-state index contributed by atoms with van der Waals surface area (Å²) in [5, 5.41) is 0. The highest BCUT2D eigenvalue weighted by Crippen LogP contribution is 2.00. The molecule has 0 aliphatic carbocycles. The third kappa shape index (κ3) is 12.3. The van der Waals surface area contributed by atoms with Crippen molar-refractivity contribution in [3.8, 4) is 23.7 Å². The number of hydrogen-bond acceptors (Lipinski definition) is 2. The first kappa shape index (κ1) is 15.3. The molecule has 0 atom stereocenters. The van der Waals surface area contributed by atoms with Crippen molar-refractivity contribution in [2.45, 2.75) is 46.0 Å². The van der Waals surface area contributed by atoms with Gasteiger partial charge in [-0.15, -0.1) is 0 Å². The van der Waals surface area contributed by atoms with Crippen LogP contribution in [0.1, 0.15) is 46.0 Å². The first-order valence-corrected chi connectivity index (χ1v) is 6.13. The predicted octanol–water partition coefficient (Wildman–Crippen LogP) is 3.08. The smallest absolute Gasteiger partial charge is 0.384 e. The van der Waals surface area contributed by atoms with E-state index in [-0.39, 0.29) is 0 Å². The second-order valence-electron chi connectivity index (χ2n) is 3.45. The average Bonchev–Trinajstić information content (AvgIpc) is 2.32. The maximum Gasteiger partial charge on any atom is 0.384 e. The van der Waals surface area contributed by atoms with Crippen LogP contribution in [0.3, 0.4) is 0 Å². The fraction of sp³-hybridized carbons (Fsp3) is 0.533. The predicted molar refractivity (Wildman–Crippen MR) is 70.1 cm³/mol. The largest absolute Gasteiger partial charge is 0.456 e. The van der Waals surface area contributed by atoms with Gasteiger partial charge in [-0.25, -0.2) is 4.79 Å². The zero-order valence-electron chi connectivity index (χ0n) is 10.7. The number of carbonyl (C=O) groups is 1. The molecular weight excluding hydrogens is 212 g/mol. The Bertz CT molecular complexity index is 345. The molecule has 0 aromatic rings. The van der Waals surface area contributed by atoms with Crippen LogP contribution in [0.15, 0.2) is 12.2 Å². The maximum absolute atomic E-state index is 10.8. The molecule has 2 nitrogen and oxygen atoms in total. The lowest BCUT2D eigenvalue weighted by Crippen LogP contribution is -1.98. The topological polar surface area (TPSA) is 26.3 Å². The molecule has 0 heterocycles. The molecule has 0 bridgehead atoms. The van der Waals surface area contributed by atoms with E-state index < -0.39 is 5.97 Å². The summed E-state index contributed by atoms with van der Waals surface area (Å²) in [6.45, 7) is 4.30. The van der Waals surface area contributed by atoms with Crippen LogP contribution in [-0.4, -0.2) is 12.6 Å². The van der Waals surface area contributed by atoms with Gasteiger partial charge in [-0.3, -0.25) is 0 Å². The Morgan fingerprint density at radius 3 is 2.59 bits per heavy atom. The van der Waals surface area contributed by atoms with E-state index in [4.69, 9.17) is 0 Å². The zero-order valence-corrected chi connectivity index (χ0v) is 10.7. The van der Waals surface area contributed by atoms with Crippen LogP contribution in [-0.2, 0) is 9.53 Å². The minimum absolute atomic E-state index is 0.356. The molecule has 0 saturated heterocycles. The van der Waals surface area contributed by atoms with Gasteiger partial charge in [0.2, 0.25) is 0 Å². The molecule has 2 heteroatoms. The molecule has 92 valence electrons. The standard InChI is InChI=1S/C15H20O2/c1-3-5-6-7-8-9-10-11-12-13-14-15(16)17-4-2/h11-12H,3-8H2,1-2H3/b12-11+. The fourth-order valence-corrected chi connectivity index (χ4v) is 1.12. The lowest BCUT2D eigenvalue weighted by Gasteiger charge is -1.91. The Morgan fingerprint density at radius 1 is 1.12 bits per heavy atom. The summed E-state index contributed by atoms with van der Waals surface area (Å²) in [6, 6.07) is 0. The van der Waals surface area contributed by atoms with Gasteiger partial charge in [-0.1, -0.05) is 43.9 Å². The van der Waals surface area contributed by atoms with Crippen LogP contribution in [0, 0.1) is 23.7 Å². The summed E-state index contributed by atoms with van der Waals surface area (Å²) in [4.78, 5) is 10.8. The summed E-state index contributed by atoms with van der Waals surface area (Å²) < 4.78 is 4.64. The Hall–Kier alpha value is -1.67. The molecule has 0 N–H and O–H groups in total. The molecule has 0 rings (SSSR count). The van der Waals surface area contributed by atoms with E-state index in [0.717, 1.165) is 12.8 Å². The molecule has 0 amide bonds. The molecule has 0 fully saturated rings. The Labute approximate surface area is 104 Å². The maximum atomic E-state index is 10.8. The van der Waals surface area contributed by atoms with E-state index >= 15 is 0 Å². The number of carbonyl (C=O) groups excluding carboxylic acids is 1. The van der Waals surface area contributed by atoms with Gasteiger partial charge >= 0.3 is 5.97 Å². The van der Waals surface area contributed by atoms with E-state index in [2.05, 4.69) is 35.3 Å². The normalized spacial score (nSPS) is 9.06. The summed E-state index contributed by atoms with van der Waals surface area (Å²) >= 11 is 0. The number of allylic oxidation sites excluding steroid dienone is 2. The number of ether oxygens (including phenoxy) is 1. The highest BCUT2D eigenvalue weighted by molar-refractivity contribution is 5.88. The van der Waals surface area contributed by atoms with E-state index in [1.54, 1.807) is 19.1 Å². The van der Waals surface area contributed by atoms with Crippen molar-refractivity contribution in [2.24, 2.45) is 0 Å². The molecule has 0 aliphatic rings. The Kier molecular flexibility index (Phi) is 11.2. The van der Waals surface area contributed by atoms with E-state index in [0.29, 0.717) is 6.61 Å². The minimum Gasteiger partial charge on any atom is -0.456 e. The summed E-state index contributed by atoms with van der Waals surface area (Å²) in [5.41, 5.74) is 0. The summed E-state index contributed by atoms with van der Waals surface area (Å²) in [6.07, 6.45) is 9.08. The molecular formula is C15H20O2. The van der Waals surface area contributed by atoms with Crippen molar-refractivity contribution >= 4 is 5.97 Å². The van der Waals surface area contributed by atoms with E-state index in [1.165, 1.54) is 19.3 Å². The van der Waals surface area contributed by atoms with E-state index in [1.807, 2.05) is 0 Å². The van der Waals surface area contributed by atoms with Crippen LogP contribution >= 0.6 is 0 Å². The van der Waals surface area contributed by atoms with Crippen molar-refractivity contribution in [3.05, 3.63) is 12.2 Å². The highest BCUT2D eigenvalue weighted by atomic mass is 16.5. The van der Waals surface area contributed by atoms with Gasteiger partial charge in [-0.2, -0.15) is 0 Å². The van der Waals surface area contributed by atoms with Crippen molar-refractivity contribution in [1.82, 2.24) is 0 Å².